The van der Waals surface area contributed by atoms with Gasteiger partial charge in [0.1, 0.15) is 0 Å². The minimum absolute atomic E-state index is 0.138. The molecule has 1 aliphatic heterocycles. The minimum Gasteiger partial charge on any atom is -0.372 e. The van der Waals surface area contributed by atoms with Gasteiger partial charge in [0, 0.05) is 19.6 Å². The first kappa shape index (κ1) is 15.3. The first-order valence-electron chi connectivity index (χ1n) is 7.31. The third-order valence-corrected chi connectivity index (χ3v) is 5.67. The number of sulfone groups is 1. The smallest absolute Gasteiger partial charge is 0.180 e. The molecule has 1 N–H and O–H groups in total. The molecule has 0 bridgehead atoms. The second kappa shape index (κ2) is 6.59. The Morgan fingerprint density at radius 2 is 2.05 bits per heavy atom. The second-order valence-electron chi connectivity index (χ2n) is 5.40. The Kier molecular flexibility index (Phi) is 5.05. The Morgan fingerprint density at radius 3 is 2.70 bits per heavy atom. The Labute approximate surface area is 122 Å². The molecule has 0 spiro atoms. The molecule has 1 heterocycles. The molecule has 2 rings (SSSR count). The normalized spacial score (nSPS) is 19.8. The van der Waals surface area contributed by atoms with Crippen LogP contribution >= 0.6 is 0 Å². The van der Waals surface area contributed by atoms with Crippen molar-refractivity contribution in [2.45, 2.75) is 37.1 Å². The Bertz CT molecular complexity index is 537. The van der Waals surface area contributed by atoms with Gasteiger partial charge >= 0.3 is 0 Å². The monoisotopic (exact) mass is 296 g/mol. The highest BCUT2D eigenvalue weighted by Gasteiger charge is 2.21. The molecule has 112 valence electrons. The van der Waals surface area contributed by atoms with Crippen LogP contribution in [0, 0.1) is 0 Å². The summed E-state index contributed by atoms with van der Waals surface area (Å²) in [6, 6.07) is 7.74. The van der Waals surface area contributed by atoms with Gasteiger partial charge in [0.05, 0.1) is 16.3 Å². The summed E-state index contributed by atoms with van der Waals surface area (Å²) in [4.78, 5) is 2.51. The van der Waals surface area contributed by atoms with E-state index in [4.69, 9.17) is 0 Å². The lowest BCUT2D eigenvalue weighted by Gasteiger charge is -2.30. The third-order valence-electron chi connectivity index (χ3n) is 3.90. The highest BCUT2D eigenvalue weighted by Crippen LogP contribution is 2.25. The maximum atomic E-state index is 12.2. The average Bonchev–Trinajstić information content (AvgIpc) is 2.48. The summed E-state index contributed by atoms with van der Waals surface area (Å²) in [6.45, 7) is 3.60. The summed E-state index contributed by atoms with van der Waals surface area (Å²) >= 11 is 0. The zero-order valence-corrected chi connectivity index (χ0v) is 13.1. The summed E-state index contributed by atoms with van der Waals surface area (Å²) in [5, 5.41) is 3.50. The van der Waals surface area contributed by atoms with Gasteiger partial charge in [0.2, 0.25) is 0 Å². The predicted octanol–water partition coefficient (Wildman–Crippen LogP) is 2.06. The Balaban J connectivity index is 2.19. The predicted molar refractivity (Wildman–Crippen MR) is 83.1 cm³/mol. The molecular weight excluding hydrogens is 272 g/mol. The van der Waals surface area contributed by atoms with Crippen LogP contribution in [0.1, 0.15) is 26.2 Å². The van der Waals surface area contributed by atoms with Crippen molar-refractivity contribution in [3.63, 3.8) is 0 Å². The first-order chi connectivity index (χ1) is 9.54. The fourth-order valence-corrected chi connectivity index (χ4v) is 3.84. The van der Waals surface area contributed by atoms with Gasteiger partial charge in [-0.15, -0.1) is 0 Å². The van der Waals surface area contributed by atoms with Crippen LogP contribution in [0.25, 0.3) is 0 Å². The van der Waals surface area contributed by atoms with Gasteiger partial charge in [-0.3, -0.25) is 0 Å². The van der Waals surface area contributed by atoms with E-state index in [0.717, 1.165) is 25.2 Å². The minimum atomic E-state index is -3.18. The number of anilines is 1. The van der Waals surface area contributed by atoms with Gasteiger partial charge in [0.25, 0.3) is 0 Å². The summed E-state index contributed by atoms with van der Waals surface area (Å²) < 4.78 is 24.4. The van der Waals surface area contributed by atoms with Crippen LogP contribution in [0.3, 0.4) is 0 Å². The number of nitrogens with zero attached hydrogens (tertiary/aromatic N) is 1. The fraction of sp³-hybridized carbons (Fsp3) is 0.600. The number of nitrogens with one attached hydrogen (secondary N) is 1. The molecule has 0 saturated carbocycles. The average molecular weight is 296 g/mol. The molecule has 1 atom stereocenters. The first-order valence-corrected chi connectivity index (χ1v) is 8.96. The highest BCUT2D eigenvalue weighted by atomic mass is 32.2. The molecular formula is C15H24N2O2S. The van der Waals surface area contributed by atoms with E-state index >= 15 is 0 Å². The standard InChI is InChI=1S/C15H24N2O2S/c1-3-20(18,19)15-10-5-4-9-14(15)17(2)12-13-8-6-7-11-16-13/h4-5,9-10,13,16H,3,6-8,11-12H2,1-2H3. The molecule has 5 heteroatoms. The van der Waals surface area contributed by atoms with E-state index in [2.05, 4.69) is 10.2 Å². The summed E-state index contributed by atoms with van der Waals surface area (Å²) in [7, 11) is -1.20. The number of hydrogen-bond donors (Lipinski definition) is 1. The van der Waals surface area contributed by atoms with E-state index in [1.165, 1.54) is 12.8 Å². The van der Waals surface area contributed by atoms with Crippen molar-refractivity contribution in [3.05, 3.63) is 24.3 Å². The van der Waals surface area contributed by atoms with Crippen LogP contribution in [0.5, 0.6) is 0 Å². The molecule has 0 amide bonds. The molecule has 0 aromatic heterocycles. The molecule has 1 unspecified atom stereocenters. The van der Waals surface area contributed by atoms with Gasteiger partial charge in [-0.2, -0.15) is 0 Å². The molecule has 0 aliphatic carbocycles. The number of rotatable bonds is 5. The van der Waals surface area contributed by atoms with E-state index < -0.39 is 9.84 Å². The van der Waals surface area contributed by atoms with Crippen molar-refractivity contribution >= 4 is 15.5 Å². The van der Waals surface area contributed by atoms with Crippen LogP contribution in [0.4, 0.5) is 5.69 Å². The van der Waals surface area contributed by atoms with Crippen LogP contribution in [-0.4, -0.2) is 40.3 Å². The second-order valence-corrected chi connectivity index (χ2v) is 7.65. The summed E-state index contributed by atoms with van der Waals surface area (Å²) in [5.74, 6) is 0.138. The Hall–Kier alpha value is -1.07. The number of piperidine rings is 1. The molecule has 1 aromatic carbocycles. The molecule has 1 aliphatic rings. The molecule has 1 saturated heterocycles. The van der Waals surface area contributed by atoms with Crippen LogP contribution in [0.15, 0.2) is 29.2 Å². The van der Waals surface area contributed by atoms with E-state index in [0.29, 0.717) is 10.9 Å². The molecule has 0 radical (unpaired) electrons. The zero-order chi connectivity index (χ0) is 14.6. The largest absolute Gasteiger partial charge is 0.372 e. The molecule has 1 aromatic rings. The van der Waals surface area contributed by atoms with Gasteiger partial charge < -0.3 is 10.2 Å². The number of para-hydroxylation sites is 1. The lowest BCUT2D eigenvalue weighted by molar-refractivity contribution is 0.403. The van der Waals surface area contributed by atoms with E-state index in [-0.39, 0.29) is 5.75 Å². The van der Waals surface area contributed by atoms with Gasteiger partial charge in [-0.25, -0.2) is 8.42 Å². The van der Waals surface area contributed by atoms with Crippen LogP contribution in [-0.2, 0) is 9.84 Å². The van der Waals surface area contributed by atoms with Crippen molar-refractivity contribution in [1.29, 1.82) is 0 Å². The summed E-state index contributed by atoms with van der Waals surface area (Å²) in [5.41, 5.74) is 0.807. The maximum Gasteiger partial charge on any atom is 0.180 e. The fourth-order valence-electron chi connectivity index (χ4n) is 2.70. The molecule has 4 nitrogen and oxygen atoms in total. The molecule has 1 fully saturated rings. The van der Waals surface area contributed by atoms with Crippen LogP contribution in [0.2, 0.25) is 0 Å². The lowest BCUT2D eigenvalue weighted by Crippen LogP contribution is -2.42. The topological polar surface area (TPSA) is 49.4 Å². The van der Waals surface area contributed by atoms with E-state index in [9.17, 15) is 8.42 Å². The van der Waals surface area contributed by atoms with Gasteiger partial charge in [-0.1, -0.05) is 25.5 Å². The van der Waals surface area contributed by atoms with Gasteiger partial charge in [-0.05, 0) is 31.5 Å². The SMILES string of the molecule is CCS(=O)(=O)c1ccccc1N(C)CC1CCCCN1. The number of hydrogen-bond acceptors (Lipinski definition) is 4. The number of likely N-dealkylation sites (N-methyl/N-ethyl adjacent to an activating group) is 1. The van der Waals surface area contributed by atoms with Crippen molar-refractivity contribution < 1.29 is 8.42 Å². The quantitative estimate of drug-likeness (QED) is 0.903. The van der Waals surface area contributed by atoms with E-state index in [1.807, 2.05) is 19.2 Å². The molecule has 20 heavy (non-hydrogen) atoms. The Morgan fingerprint density at radius 1 is 1.30 bits per heavy atom. The summed E-state index contributed by atoms with van der Waals surface area (Å²) in [6.07, 6.45) is 3.65. The van der Waals surface area contributed by atoms with Crippen molar-refractivity contribution in [3.8, 4) is 0 Å². The third kappa shape index (κ3) is 3.52. The van der Waals surface area contributed by atoms with Crippen molar-refractivity contribution in [2.24, 2.45) is 0 Å². The van der Waals surface area contributed by atoms with Crippen LogP contribution < -0.4 is 10.2 Å². The van der Waals surface area contributed by atoms with Crippen molar-refractivity contribution in [2.75, 3.05) is 30.8 Å². The van der Waals surface area contributed by atoms with Crippen molar-refractivity contribution in [1.82, 2.24) is 5.32 Å². The number of benzene rings is 1. The zero-order valence-electron chi connectivity index (χ0n) is 12.3. The van der Waals surface area contributed by atoms with E-state index in [1.54, 1.807) is 19.1 Å². The highest BCUT2D eigenvalue weighted by molar-refractivity contribution is 7.91. The van der Waals surface area contributed by atoms with Gasteiger partial charge in [0.15, 0.2) is 9.84 Å². The maximum absolute atomic E-state index is 12.2. The lowest BCUT2D eigenvalue weighted by atomic mass is 10.0.